The summed E-state index contributed by atoms with van der Waals surface area (Å²) < 4.78 is 23.3. The number of amides is 1. The first-order valence-electron chi connectivity index (χ1n) is 9.15. The highest BCUT2D eigenvalue weighted by Gasteiger charge is 2.20. The van der Waals surface area contributed by atoms with Crippen LogP contribution in [0.5, 0.6) is 0 Å². The molecule has 4 rings (SSSR count). The summed E-state index contributed by atoms with van der Waals surface area (Å²) in [5.74, 6) is -0.291. The number of thiazole rings is 1. The standard InChI is InChI=1S/C23H18N2O3S2/c1-30(27,28)19-14-12-18(13-15-19)24-22(26)21-20(16-8-4-2-5-9-16)25-23(29-21)17-10-6-3-7-11-17/h2-15H,1H3,(H,24,26). The van der Waals surface area contributed by atoms with E-state index in [1.165, 1.54) is 23.5 Å². The quantitative estimate of drug-likeness (QED) is 0.472. The minimum atomic E-state index is -3.29. The van der Waals surface area contributed by atoms with Gasteiger partial charge in [0.25, 0.3) is 5.91 Å². The number of benzene rings is 3. The van der Waals surface area contributed by atoms with Crippen molar-refractivity contribution in [3.05, 3.63) is 89.8 Å². The third-order valence-electron chi connectivity index (χ3n) is 4.44. The molecule has 0 atom stereocenters. The number of nitrogens with zero attached hydrogens (tertiary/aromatic N) is 1. The summed E-state index contributed by atoms with van der Waals surface area (Å²) in [6.07, 6.45) is 1.15. The second-order valence-electron chi connectivity index (χ2n) is 6.68. The van der Waals surface area contributed by atoms with Gasteiger partial charge in [0.1, 0.15) is 9.88 Å². The highest BCUT2D eigenvalue weighted by atomic mass is 32.2. The first kappa shape index (κ1) is 20.0. The second-order valence-corrected chi connectivity index (χ2v) is 9.69. The van der Waals surface area contributed by atoms with E-state index in [4.69, 9.17) is 4.98 Å². The van der Waals surface area contributed by atoms with Crippen LogP contribution in [0.25, 0.3) is 21.8 Å². The van der Waals surface area contributed by atoms with Crippen molar-refractivity contribution in [1.82, 2.24) is 4.98 Å². The number of rotatable bonds is 5. The van der Waals surface area contributed by atoms with Crippen LogP contribution in [0.15, 0.2) is 89.8 Å². The monoisotopic (exact) mass is 434 g/mol. The molecule has 30 heavy (non-hydrogen) atoms. The largest absolute Gasteiger partial charge is 0.321 e. The van der Waals surface area contributed by atoms with Crippen molar-refractivity contribution in [2.24, 2.45) is 0 Å². The van der Waals surface area contributed by atoms with Crippen LogP contribution in [-0.4, -0.2) is 25.6 Å². The van der Waals surface area contributed by atoms with E-state index in [1.807, 2.05) is 60.7 Å². The van der Waals surface area contributed by atoms with E-state index < -0.39 is 9.84 Å². The molecule has 1 N–H and O–H groups in total. The molecular weight excluding hydrogens is 416 g/mol. The Kier molecular flexibility index (Phi) is 5.48. The lowest BCUT2D eigenvalue weighted by atomic mass is 10.1. The molecule has 0 fully saturated rings. The smallest absolute Gasteiger partial charge is 0.268 e. The number of anilines is 1. The third-order valence-corrected chi connectivity index (χ3v) is 6.67. The van der Waals surface area contributed by atoms with E-state index >= 15 is 0 Å². The molecule has 4 aromatic rings. The lowest BCUT2D eigenvalue weighted by molar-refractivity contribution is 0.103. The maximum Gasteiger partial charge on any atom is 0.268 e. The summed E-state index contributed by atoms with van der Waals surface area (Å²) in [5.41, 5.74) is 2.93. The predicted octanol–water partition coefficient (Wildman–Crippen LogP) is 5.13. The van der Waals surface area contributed by atoms with Gasteiger partial charge in [-0.2, -0.15) is 0 Å². The SMILES string of the molecule is CS(=O)(=O)c1ccc(NC(=O)c2sc(-c3ccccc3)nc2-c2ccccc2)cc1. The summed E-state index contributed by atoms with van der Waals surface area (Å²) in [7, 11) is -3.29. The van der Waals surface area contributed by atoms with Crippen LogP contribution in [0.4, 0.5) is 5.69 Å². The number of carbonyl (C=O) groups is 1. The molecule has 0 spiro atoms. The highest BCUT2D eigenvalue weighted by molar-refractivity contribution is 7.90. The van der Waals surface area contributed by atoms with Crippen molar-refractivity contribution in [3.8, 4) is 21.8 Å². The van der Waals surface area contributed by atoms with Crippen LogP contribution in [0.1, 0.15) is 9.67 Å². The fourth-order valence-corrected chi connectivity index (χ4v) is 4.56. The van der Waals surface area contributed by atoms with Crippen LogP contribution in [0.2, 0.25) is 0 Å². The van der Waals surface area contributed by atoms with E-state index in [0.717, 1.165) is 22.4 Å². The molecular formula is C23H18N2O3S2. The molecule has 0 saturated carbocycles. The van der Waals surface area contributed by atoms with Gasteiger partial charge in [-0.1, -0.05) is 60.7 Å². The number of hydrogen-bond acceptors (Lipinski definition) is 5. The Balaban J connectivity index is 1.70. The fourth-order valence-electron chi connectivity index (χ4n) is 2.94. The maximum atomic E-state index is 13.1. The summed E-state index contributed by atoms with van der Waals surface area (Å²) in [6, 6.07) is 25.4. The van der Waals surface area contributed by atoms with Crippen molar-refractivity contribution >= 4 is 32.8 Å². The molecule has 0 bridgehead atoms. The minimum absolute atomic E-state index is 0.203. The Morgan fingerprint density at radius 2 is 1.40 bits per heavy atom. The zero-order chi connectivity index (χ0) is 21.1. The molecule has 150 valence electrons. The fraction of sp³-hybridized carbons (Fsp3) is 0.0435. The topological polar surface area (TPSA) is 76.1 Å². The average Bonchev–Trinajstić information content (AvgIpc) is 3.20. The van der Waals surface area contributed by atoms with Crippen molar-refractivity contribution in [2.75, 3.05) is 11.6 Å². The number of hydrogen-bond donors (Lipinski definition) is 1. The zero-order valence-electron chi connectivity index (χ0n) is 16.1. The third kappa shape index (κ3) is 4.32. The molecule has 0 unspecified atom stereocenters. The summed E-state index contributed by atoms with van der Waals surface area (Å²) in [4.78, 5) is 18.5. The summed E-state index contributed by atoms with van der Waals surface area (Å²) in [5, 5.41) is 3.60. The molecule has 3 aromatic carbocycles. The molecule has 0 saturated heterocycles. The van der Waals surface area contributed by atoms with Gasteiger partial charge < -0.3 is 5.32 Å². The Labute approximate surface area is 179 Å². The molecule has 0 radical (unpaired) electrons. The van der Waals surface area contributed by atoms with Gasteiger partial charge in [0, 0.05) is 23.1 Å². The van der Waals surface area contributed by atoms with E-state index in [-0.39, 0.29) is 10.8 Å². The van der Waals surface area contributed by atoms with Gasteiger partial charge in [-0.3, -0.25) is 4.79 Å². The average molecular weight is 435 g/mol. The van der Waals surface area contributed by atoms with Gasteiger partial charge in [-0.25, -0.2) is 13.4 Å². The highest BCUT2D eigenvalue weighted by Crippen LogP contribution is 2.34. The van der Waals surface area contributed by atoms with Gasteiger partial charge in [0.2, 0.25) is 0 Å². The van der Waals surface area contributed by atoms with E-state index in [2.05, 4.69) is 5.32 Å². The molecule has 7 heteroatoms. The van der Waals surface area contributed by atoms with E-state index in [9.17, 15) is 13.2 Å². The number of nitrogens with one attached hydrogen (secondary N) is 1. The van der Waals surface area contributed by atoms with Gasteiger partial charge >= 0.3 is 0 Å². The lowest BCUT2D eigenvalue weighted by Crippen LogP contribution is -2.11. The Bertz CT molecular complexity index is 1280. The summed E-state index contributed by atoms with van der Waals surface area (Å²) in [6.45, 7) is 0. The summed E-state index contributed by atoms with van der Waals surface area (Å²) >= 11 is 1.32. The number of aromatic nitrogens is 1. The first-order chi connectivity index (χ1) is 14.4. The second kappa shape index (κ2) is 8.22. The van der Waals surface area contributed by atoms with Crippen LogP contribution in [0.3, 0.4) is 0 Å². The maximum absolute atomic E-state index is 13.1. The van der Waals surface area contributed by atoms with Gasteiger partial charge in [-0.15, -0.1) is 11.3 Å². The van der Waals surface area contributed by atoms with Gasteiger partial charge in [0.15, 0.2) is 9.84 Å². The van der Waals surface area contributed by atoms with E-state index in [1.54, 1.807) is 12.1 Å². The molecule has 1 heterocycles. The van der Waals surface area contributed by atoms with Crippen LogP contribution < -0.4 is 5.32 Å². The first-order valence-corrected chi connectivity index (χ1v) is 11.9. The molecule has 1 amide bonds. The predicted molar refractivity (Wildman–Crippen MR) is 120 cm³/mol. The van der Waals surface area contributed by atoms with E-state index in [0.29, 0.717) is 16.3 Å². The van der Waals surface area contributed by atoms with Crippen molar-refractivity contribution in [1.29, 1.82) is 0 Å². The number of sulfone groups is 1. The minimum Gasteiger partial charge on any atom is -0.321 e. The Morgan fingerprint density at radius 3 is 1.97 bits per heavy atom. The molecule has 0 aliphatic rings. The Morgan fingerprint density at radius 1 is 0.833 bits per heavy atom. The van der Waals surface area contributed by atoms with Crippen molar-refractivity contribution < 1.29 is 13.2 Å². The molecule has 0 aliphatic heterocycles. The van der Waals surface area contributed by atoms with Crippen LogP contribution >= 0.6 is 11.3 Å². The zero-order valence-corrected chi connectivity index (χ0v) is 17.7. The Hall–Kier alpha value is -3.29. The van der Waals surface area contributed by atoms with Gasteiger partial charge in [0.05, 0.1) is 10.6 Å². The normalized spacial score (nSPS) is 11.2. The van der Waals surface area contributed by atoms with Gasteiger partial charge in [-0.05, 0) is 24.3 Å². The van der Waals surface area contributed by atoms with Crippen molar-refractivity contribution in [2.45, 2.75) is 4.90 Å². The number of carbonyl (C=O) groups excluding carboxylic acids is 1. The molecule has 0 aliphatic carbocycles. The van der Waals surface area contributed by atoms with Crippen LogP contribution in [0, 0.1) is 0 Å². The van der Waals surface area contributed by atoms with Crippen molar-refractivity contribution in [3.63, 3.8) is 0 Å². The van der Waals surface area contributed by atoms with Crippen LogP contribution in [-0.2, 0) is 9.84 Å². The molecule has 5 nitrogen and oxygen atoms in total. The lowest BCUT2D eigenvalue weighted by Gasteiger charge is -2.06. The molecule has 1 aromatic heterocycles.